The Kier molecular flexibility index (Phi) is 4.32. The summed E-state index contributed by atoms with van der Waals surface area (Å²) in [6.45, 7) is 0. The summed E-state index contributed by atoms with van der Waals surface area (Å²) >= 11 is 15.6. The summed E-state index contributed by atoms with van der Waals surface area (Å²) in [6, 6.07) is 15.8. The van der Waals surface area contributed by atoms with Crippen molar-refractivity contribution in [2.75, 3.05) is 0 Å². The Bertz CT molecular complexity index is 774. The van der Waals surface area contributed by atoms with Crippen LogP contribution in [0.1, 0.15) is 17.2 Å². The fourth-order valence-electron chi connectivity index (χ4n) is 2.60. The molecule has 0 spiro atoms. The first-order valence-corrected chi connectivity index (χ1v) is 9.84. The molecule has 116 valence electrons. The smallest absolute Gasteiger partial charge is 0.185 e. The number of alkyl halides is 2. The summed E-state index contributed by atoms with van der Waals surface area (Å²) in [6.07, 6.45) is 0.478. The summed E-state index contributed by atoms with van der Waals surface area (Å²) in [5, 5.41) is -0.732. The molecular formula is C16H13BrCl2O2S. The first-order chi connectivity index (χ1) is 10.3. The van der Waals surface area contributed by atoms with Gasteiger partial charge in [0.05, 0.1) is 10.1 Å². The Hall–Kier alpha value is -0.550. The SMILES string of the molecule is O=S(=O)(c1ccc(Br)cc1)C(c1ccccc1)C1CC1(Cl)Cl. The Morgan fingerprint density at radius 1 is 1.05 bits per heavy atom. The third-order valence-corrected chi connectivity index (χ3v) is 7.44. The minimum Gasteiger partial charge on any atom is -0.223 e. The van der Waals surface area contributed by atoms with Crippen LogP contribution in [-0.4, -0.2) is 12.8 Å². The molecule has 1 aliphatic carbocycles. The molecule has 1 aliphatic rings. The third kappa shape index (κ3) is 3.07. The maximum atomic E-state index is 13.1. The molecule has 0 heterocycles. The summed E-state index contributed by atoms with van der Waals surface area (Å²) in [5.41, 5.74) is 0.721. The van der Waals surface area contributed by atoms with Crippen LogP contribution in [0.4, 0.5) is 0 Å². The molecule has 0 radical (unpaired) electrons. The van der Waals surface area contributed by atoms with Gasteiger partial charge in [-0.1, -0.05) is 46.3 Å². The van der Waals surface area contributed by atoms with E-state index in [9.17, 15) is 8.42 Å². The zero-order valence-corrected chi connectivity index (χ0v) is 15.3. The highest BCUT2D eigenvalue weighted by atomic mass is 79.9. The molecule has 0 bridgehead atoms. The van der Waals surface area contributed by atoms with Crippen LogP contribution in [0.3, 0.4) is 0 Å². The van der Waals surface area contributed by atoms with Crippen molar-refractivity contribution in [2.24, 2.45) is 5.92 Å². The van der Waals surface area contributed by atoms with E-state index < -0.39 is 19.4 Å². The molecule has 22 heavy (non-hydrogen) atoms. The van der Waals surface area contributed by atoms with Gasteiger partial charge in [0.15, 0.2) is 9.84 Å². The standard InChI is InChI=1S/C16H13BrCl2O2S/c17-12-6-8-13(9-7-12)22(20,21)15(14-10-16(14,18)19)11-4-2-1-3-5-11/h1-9,14-15H,10H2. The molecule has 2 aromatic carbocycles. The van der Waals surface area contributed by atoms with Crippen LogP contribution in [0.15, 0.2) is 64.0 Å². The maximum Gasteiger partial charge on any atom is 0.185 e. The fraction of sp³-hybridized carbons (Fsp3) is 0.250. The van der Waals surface area contributed by atoms with E-state index in [1.165, 1.54) is 0 Å². The number of benzene rings is 2. The number of rotatable bonds is 4. The van der Waals surface area contributed by atoms with Crippen molar-refractivity contribution in [1.82, 2.24) is 0 Å². The first-order valence-electron chi connectivity index (χ1n) is 6.74. The highest BCUT2D eigenvalue weighted by Gasteiger charge is 2.59. The van der Waals surface area contributed by atoms with E-state index in [1.54, 1.807) is 24.3 Å². The van der Waals surface area contributed by atoms with Crippen molar-refractivity contribution in [3.63, 3.8) is 0 Å². The van der Waals surface area contributed by atoms with E-state index in [0.29, 0.717) is 6.42 Å². The van der Waals surface area contributed by atoms with Crippen LogP contribution in [-0.2, 0) is 9.84 Å². The Labute approximate surface area is 148 Å². The number of halogens is 3. The molecule has 0 saturated heterocycles. The highest BCUT2D eigenvalue weighted by Crippen LogP contribution is 2.61. The second-order valence-corrected chi connectivity index (χ2v) is 9.93. The van der Waals surface area contributed by atoms with Crippen molar-refractivity contribution in [1.29, 1.82) is 0 Å². The predicted molar refractivity (Wildman–Crippen MR) is 93.1 cm³/mol. The van der Waals surface area contributed by atoms with Gasteiger partial charge in [-0.15, -0.1) is 23.2 Å². The molecule has 1 fully saturated rings. The lowest BCUT2D eigenvalue weighted by molar-refractivity contribution is 0.571. The summed E-state index contributed by atoms with van der Waals surface area (Å²) in [7, 11) is -3.57. The normalized spacial score (nSPS) is 21.3. The van der Waals surface area contributed by atoms with E-state index >= 15 is 0 Å². The van der Waals surface area contributed by atoms with E-state index in [2.05, 4.69) is 15.9 Å². The largest absolute Gasteiger partial charge is 0.223 e. The monoisotopic (exact) mass is 418 g/mol. The van der Waals surface area contributed by atoms with Gasteiger partial charge >= 0.3 is 0 Å². The van der Waals surface area contributed by atoms with Crippen LogP contribution in [0, 0.1) is 5.92 Å². The van der Waals surface area contributed by atoms with Crippen LogP contribution >= 0.6 is 39.1 Å². The second kappa shape index (κ2) is 5.82. The minimum absolute atomic E-state index is 0.278. The molecule has 3 rings (SSSR count). The molecular weight excluding hydrogens is 407 g/mol. The molecule has 6 heteroatoms. The van der Waals surface area contributed by atoms with E-state index in [1.807, 2.05) is 30.3 Å². The Balaban J connectivity index is 2.08. The molecule has 0 aromatic heterocycles. The van der Waals surface area contributed by atoms with E-state index in [-0.39, 0.29) is 10.8 Å². The summed E-state index contributed by atoms with van der Waals surface area (Å²) in [4.78, 5) is 0.278. The second-order valence-electron chi connectivity index (χ2n) is 5.40. The third-order valence-electron chi connectivity index (χ3n) is 3.84. The van der Waals surface area contributed by atoms with Gasteiger partial charge in [0.2, 0.25) is 0 Å². The van der Waals surface area contributed by atoms with Gasteiger partial charge in [-0.05, 0) is 36.2 Å². The minimum atomic E-state index is -3.57. The number of hydrogen-bond acceptors (Lipinski definition) is 2. The molecule has 2 nitrogen and oxygen atoms in total. The van der Waals surface area contributed by atoms with Crippen molar-refractivity contribution in [2.45, 2.75) is 20.9 Å². The molecule has 2 aromatic rings. The van der Waals surface area contributed by atoms with Crippen molar-refractivity contribution < 1.29 is 8.42 Å². The van der Waals surface area contributed by atoms with Gasteiger partial charge in [0.1, 0.15) is 4.33 Å². The fourth-order valence-corrected chi connectivity index (χ4v) is 5.69. The predicted octanol–water partition coefficient (Wildman–Crippen LogP) is 5.16. The zero-order chi connectivity index (χ0) is 16.0. The van der Waals surface area contributed by atoms with Crippen LogP contribution < -0.4 is 0 Å². The Morgan fingerprint density at radius 2 is 1.59 bits per heavy atom. The average Bonchev–Trinajstić information content (AvgIpc) is 3.08. The topological polar surface area (TPSA) is 34.1 Å². The van der Waals surface area contributed by atoms with Gasteiger partial charge < -0.3 is 0 Å². The van der Waals surface area contributed by atoms with Crippen molar-refractivity contribution >= 4 is 49.0 Å². The molecule has 2 unspecified atom stereocenters. The average molecular weight is 420 g/mol. The van der Waals surface area contributed by atoms with Crippen LogP contribution in [0.2, 0.25) is 0 Å². The molecule has 2 atom stereocenters. The summed E-state index contributed by atoms with van der Waals surface area (Å²) < 4.78 is 26.0. The summed E-state index contributed by atoms with van der Waals surface area (Å²) in [5.74, 6) is -0.299. The first kappa shape index (κ1) is 16.3. The lowest BCUT2D eigenvalue weighted by Crippen LogP contribution is -2.18. The lowest BCUT2D eigenvalue weighted by Gasteiger charge is -2.19. The van der Waals surface area contributed by atoms with Gasteiger partial charge in [0, 0.05) is 10.4 Å². The van der Waals surface area contributed by atoms with E-state index in [4.69, 9.17) is 23.2 Å². The number of sulfone groups is 1. The zero-order valence-electron chi connectivity index (χ0n) is 11.4. The molecule has 0 aliphatic heterocycles. The molecule has 0 amide bonds. The molecule has 0 N–H and O–H groups in total. The quantitative estimate of drug-likeness (QED) is 0.641. The maximum absolute atomic E-state index is 13.1. The molecule has 1 saturated carbocycles. The van der Waals surface area contributed by atoms with Gasteiger partial charge in [0.25, 0.3) is 0 Å². The lowest BCUT2D eigenvalue weighted by atomic mass is 10.1. The van der Waals surface area contributed by atoms with Crippen molar-refractivity contribution in [3.05, 3.63) is 64.6 Å². The Morgan fingerprint density at radius 3 is 2.09 bits per heavy atom. The van der Waals surface area contributed by atoms with Gasteiger partial charge in [-0.25, -0.2) is 8.42 Å². The highest BCUT2D eigenvalue weighted by molar-refractivity contribution is 9.10. The van der Waals surface area contributed by atoms with Crippen LogP contribution in [0.25, 0.3) is 0 Å². The van der Waals surface area contributed by atoms with Crippen LogP contribution in [0.5, 0.6) is 0 Å². The van der Waals surface area contributed by atoms with E-state index in [0.717, 1.165) is 10.0 Å². The van der Waals surface area contributed by atoms with Gasteiger partial charge in [-0.2, -0.15) is 0 Å². The van der Waals surface area contributed by atoms with Gasteiger partial charge in [-0.3, -0.25) is 0 Å². The number of hydrogen-bond donors (Lipinski definition) is 0. The van der Waals surface area contributed by atoms with Crippen molar-refractivity contribution in [3.8, 4) is 0 Å².